The molecule has 0 bridgehead atoms. The Bertz CT molecular complexity index is 315. The van der Waals surface area contributed by atoms with Gasteiger partial charge in [-0.3, -0.25) is 0 Å². The third-order valence-corrected chi connectivity index (χ3v) is 2.78. The zero-order valence-electron chi connectivity index (χ0n) is 10.6. The summed E-state index contributed by atoms with van der Waals surface area (Å²) in [4.78, 5) is 0. The molecule has 1 heterocycles. The third-order valence-electron chi connectivity index (χ3n) is 2.78. The number of fused-ring (bicyclic) bond motifs is 1. The molecular weight excluding hydrogens is 182 g/mol. The summed E-state index contributed by atoms with van der Waals surface area (Å²) in [6, 6.07) is 8.62. The minimum atomic E-state index is 0.244. The number of benzene rings is 1. The van der Waals surface area contributed by atoms with Gasteiger partial charge in [-0.05, 0) is 37.8 Å². The Kier molecular flexibility index (Phi) is 3.78. The Hall–Kier alpha value is -0.980. The molecule has 0 saturated carbocycles. The number of hydrogen-bond acceptors (Lipinski definition) is 1. The maximum absolute atomic E-state index is 3.57. The van der Waals surface area contributed by atoms with Crippen molar-refractivity contribution in [1.82, 2.24) is 0 Å². The average Bonchev–Trinajstić information content (AvgIpc) is 2.19. The summed E-state index contributed by atoms with van der Waals surface area (Å²) in [5.41, 5.74) is 3.02. The van der Waals surface area contributed by atoms with E-state index in [-0.39, 0.29) is 5.54 Å². The van der Waals surface area contributed by atoms with Gasteiger partial charge in [0.15, 0.2) is 0 Å². The van der Waals surface area contributed by atoms with Crippen LogP contribution in [0, 0.1) is 0 Å². The number of anilines is 1. The molecule has 1 aromatic rings. The quantitative estimate of drug-likeness (QED) is 0.661. The van der Waals surface area contributed by atoms with E-state index in [2.05, 4.69) is 50.4 Å². The fourth-order valence-corrected chi connectivity index (χ4v) is 2.33. The van der Waals surface area contributed by atoms with Crippen LogP contribution in [0.5, 0.6) is 0 Å². The van der Waals surface area contributed by atoms with Gasteiger partial charge in [0, 0.05) is 11.2 Å². The average molecular weight is 205 g/mol. The highest BCUT2D eigenvalue weighted by Crippen LogP contribution is 2.37. The molecule has 0 aliphatic carbocycles. The van der Waals surface area contributed by atoms with Crippen molar-refractivity contribution in [3.05, 3.63) is 29.8 Å². The lowest BCUT2D eigenvalue weighted by atomic mass is 9.82. The van der Waals surface area contributed by atoms with Crippen molar-refractivity contribution in [3.8, 4) is 0 Å². The first kappa shape index (κ1) is 12.1. The molecule has 1 aliphatic rings. The van der Waals surface area contributed by atoms with Gasteiger partial charge in [0.05, 0.1) is 0 Å². The van der Waals surface area contributed by atoms with E-state index in [1.807, 2.05) is 13.8 Å². The summed E-state index contributed by atoms with van der Waals surface area (Å²) in [6.45, 7) is 10.8. The fourth-order valence-electron chi connectivity index (χ4n) is 2.33. The van der Waals surface area contributed by atoms with Crippen molar-refractivity contribution in [1.29, 1.82) is 0 Å². The number of para-hydroxylation sites is 1. The normalized spacial score (nSPS) is 21.8. The molecule has 0 spiro atoms. The molecule has 1 heteroatoms. The van der Waals surface area contributed by atoms with E-state index in [0.29, 0.717) is 5.92 Å². The van der Waals surface area contributed by atoms with Crippen molar-refractivity contribution >= 4 is 5.69 Å². The standard InChI is InChI=1S/C12H17N.C2H6/c1-9-8-12(2,3)13-11-7-5-4-6-10(9)11;1-2/h4-7,9,13H,8H2,1-3H3;1-2H3. The smallest absolute Gasteiger partial charge is 0.0379 e. The lowest BCUT2D eigenvalue weighted by molar-refractivity contribution is 0.454. The van der Waals surface area contributed by atoms with Crippen molar-refractivity contribution in [2.45, 2.75) is 52.5 Å². The summed E-state index contributed by atoms with van der Waals surface area (Å²) in [5, 5.41) is 3.57. The van der Waals surface area contributed by atoms with E-state index < -0.39 is 0 Å². The molecule has 1 aromatic carbocycles. The molecule has 1 unspecified atom stereocenters. The summed E-state index contributed by atoms with van der Waals surface area (Å²) in [5.74, 6) is 0.674. The first-order valence-electron chi connectivity index (χ1n) is 5.96. The number of nitrogens with one attached hydrogen (secondary N) is 1. The van der Waals surface area contributed by atoms with Crippen LogP contribution in [0.25, 0.3) is 0 Å². The first-order valence-corrected chi connectivity index (χ1v) is 5.96. The van der Waals surface area contributed by atoms with Crippen LogP contribution in [-0.2, 0) is 0 Å². The molecule has 0 radical (unpaired) electrons. The molecule has 1 nitrogen and oxygen atoms in total. The molecule has 1 aliphatic heterocycles. The van der Waals surface area contributed by atoms with Crippen LogP contribution in [0.1, 0.15) is 52.5 Å². The molecule has 1 atom stereocenters. The summed E-state index contributed by atoms with van der Waals surface area (Å²) in [6.07, 6.45) is 1.21. The Balaban J connectivity index is 0.000000531. The van der Waals surface area contributed by atoms with Gasteiger partial charge in [0.25, 0.3) is 0 Å². The topological polar surface area (TPSA) is 12.0 Å². The third kappa shape index (κ3) is 2.74. The van der Waals surface area contributed by atoms with Crippen LogP contribution in [0.4, 0.5) is 5.69 Å². The largest absolute Gasteiger partial charge is 0.380 e. The predicted molar refractivity (Wildman–Crippen MR) is 68.5 cm³/mol. The Morgan fingerprint density at radius 3 is 2.47 bits per heavy atom. The van der Waals surface area contributed by atoms with Gasteiger partial charge < -0.3 is 5.32 Å². The molecule has 15 heavy (non-hydrogen) atoms. The van der Waals surface area contributed by atoms with Gasteiger partial charge in [0.2, 0.25) is 0 Å². The number of hydrogen-bond donors (Lipinski definition) is 1. The van der Waals surface area contributed by atoms with Crippen molar-refractivity contribution in [2.75, 3.05) is 5.32 Å². The molecule has 0 aromatic heterocycles. The van der Waals surface area contributed by atoms with Gasteiger partial charge in [-0.1, -0.05) is 39.0 Å². The van der Waals surface area contributed by atoms with Crippen molar-refractivity contribution < 1.29 is 0 Å². The molecule has 0 fully saturated rings. The Morgan fingerprint density at radius 2 is 1.80 bits per heavy atom. The molecule has 0 amide bonds. The van der Waals surface area contributed by atoms with Crippen LogP contribution >= 0.6 is 0 Å². The Labute approximate surface area is 93.9 Å². The van der Waals surface area contributed by atoms with Gasteiger partial charge in [-0.25, -0.2) is 0 Å². The van der Waals surface area contributed by atoms with Crippen molar-refractivity contribution in [3.63, 3.8) is 0 Å². The van der Waals surface area contributed by atoms with Crippen LogP contribution in [0.2, 0.25) is 0 Å². The second-order valence-corrected chi connectivity index (χ2v) is 4.70. The number of rotatable bonds is 0. The van der Waals surface area contributed by atoms with E-state index in [1.54, 1.807) is 0 Å². The van der Waals surface area contributed by atoms with Crippen LogP contribution < -0.4 is 5.32 Å². The van der Waals surface area contributed by atoms with Crippen molar-refractivity contribution in [2.24, 2.45) is 0 Å². The summed E-state index contributed by atoms with van der Waals surface area (Å²) < 4.78 is 0. The molecule has 2 rings (SSSR count). The second kappa shape index (κ2) is 4.69. The summed E-state index contributed by atoms with van der Waals surface area (Å²) >= 11 is 0. The van der Waals surface area contributed by atoms with E-state index in [1.165, 1.54) is 17.7 Å². The van der Waals surface area contributed by atoms with Crippen LogP contribution in [0.3, 0.4) is 0 Å². The monoisotopic (exact) mass is 205 g/mol. The second-order valence-electron chi connectivity index (χ2n) is 4.70. The zero-order valence-corrected chi connectivity index (χ0v) is 10.6. The minimum Gasteiger partial charge on any atom is -0.380 e. The molecule has 84 valence electrons. The van der Waals surface area contributed by atoms with E-state index in [0.717, 1.165) is 0 Å². The maximum Gasteiger partial charge on any atom is 0.0379 e. The zero-order chi connectivity index (χ0) is 11.5. The lowest BCUT2D eigenvalue weighted by Crippen LogP contribution is -2.36. The minimum absolute atomic E-state index is 0.244. The molecule has 0 saturated heterocycles. The van der Waals surface area contributed by atoms with E-state index >= 15 is 0 Å². The van der Waals surface area contributed by atoms with E-state index in [9.17, 15) is 0 Å². The molecule has 1 N–H and O–H groups in total. The maximum atomic E-state index is 3.57. The fraction of sp³-hybridized carbons (Fsp3) is 0.571. The highest BCUT2D eigenvalue weighted by atomic mass is 15.0. The highest BCUT2D eigenvalue weighted by molar-refractivity contribution is 5.56. The molecular formula is C14H23N. The van der Waals surface area contributed by atoms with Crippen LogP contribution in [-0.4, -0.2) is 5.54 Å². The lowest BCUT2D eigenvalue weighted by Gasteiger charge is -2.37. The van der Waals surface area contributed by atoms with Gasteiger partial charge in [-0.2, -0.15) is 0 Å². The predicted octanol–water partition coefficient (Wildman–Crippen LogP) is 4.41. The van der Waals surface area contributed by atoms with Gasteiger partial charge in [0.1, 0.15) is 0 Å². The SMILES string of the molecule is CC.CC1CC(C)(C)Nc2ccccc21. The van der Waals surface area contributed by atoms with Gasteiger partial charge >= 0.3 is 0 Å². The van der Waals surface area contributed by atoms with Crippen LogP contribution in [0.15, 0.2) is 24.3 Å². The van der Waals surface area contributed by atoms with E-state index in [4.69, 9.17) is 0 Å². The van der Waals surface area contributed by atoms with Gasteiger partial charge in [-0.15, -0.1) is 0 Å². The first-order chi connectivity index (χ1) is 7.08. The summed E-state index contributed by atoms with van der Waals surface area (Å²) in [7, 11) is 0. The Morgan fingerprint density at radius 1 is 1.20 bits per heavy atom. The highest BCUT2D eigenvalue weighted by Gasteiger charge is 2.28.